The Labute approximate surface area is 198 Å². The third-order valence-electron chi connectivity index (χ3n) is 5.11. The quantitative estimate of drug-likeness (QED) is 0.371. The summed E-state index contributed by atoms with van der Waals surface area (Å²) in [6.07, 6.45) is 0. The van der Waals surface area contributed by atoms with Crippen LogP contribution in [0.2, 0.25) is 0 Å². The zero-order valence-corrected chi connectivity index (χ0v) is 20.0. The van der Waals surface area contributed by atoms with Crippen LogP contribution < -0.4 is 18.9 Å². The molecule has 0 aliphatic heterocycles. The molecule has 4 aromatic rings. The average Bonchev–Trinajstić information content (AvgIpc) is 2.84. The molecule has 0 unspecified atom stereocenters. The van der Waals surface area contributed by atoms with Crippen LogP contribution in [0.5, 0.6) is 11.5 Å². The first kappa shape index (κ1) is 23.4. The summed E-state index contributed by atoms with van der Waals surface area (Å²) < 4.78 is 67.4. The first-order valence-electron chi connectivity index (χ1n) is 10.1. The molecule has 0 aliphatic rings. The zero-order chi connectivity index (χ0) is 24.3. The van der Waals surface area contributed by atoms with E-state index in [1.54, 1.807) is 12.1 Å². The zero-order valence-electron chi connectivity index (χ0n) is 18.3. The standard InChI is InChI=1S/C24H22N2O6S2/c1-31-19-7-11-21(12-8-19)33(27,28)25-23-15-17-5-3-4-6-18(17)16-24(23)26-34(29,30)22-13-9-20(32-2)10-14-22/h3-16,25-26H,1-2H3. The van der Waals surface area contributed by atoms with Gasteiger partial charge in [0.1, 0.15) is 11.5 Å². The van der Waals surface area contributed by atoms with Gasteiger partial charge in [-0.2, -0.15) is 0 Å². The Morgan fingerprint density at radius 1 is 0.559 bits per heavy atom. The van der Waals surface area contributed by atoms with E-state index in [2.05, 4.69) is 9.44 Å². The van der Waals surface area contributed by atoms with Gasteiger partial charge in [-0.3, -0.25) is 9.44 Å². The molecular formula is C24H22N2O6S2. The van der Waals surface area contributed by atoms with Gasteiger partial charge in [0.15, 0.2) is 0 Å². The number of methoxy groups -OCH3 is 2. The predicted molar refractivity (Wildman–Crippen MR) is 132 cm³/mol. The summed E-state index contributed by atoms with van der Waals surface area (Å²) in [6, 6.07) is 22.2. The third-order valence-corrected chi connectivity index (χ3v) is 7.88. The molecule has 176 valence electrons. The van der Waals surface area contributed by atoms with Crippen molar-refractivity contribution in [1.82, 2.24) is 0 Å². The average molecular weight is 499 g/mol. The summed E-state index contributed by atoms with van der Waals surface area (Å²) in [5.74, 6) is 1.02. The van der Waals surface area contributed by atoms with Gasteiger partial charge in [-0.1, -0.05) is 24.3 Å². The lowest BCUT2D eigenvalue weighted by Crippen LogP contribution is -2.17. The van der Waals surface area contributed by atoms with Gasteiger partial charge in [0.2, 0.25) is 0 Å². The molecule has 0 atom stereocenters. The number of nitrogens with one attached hydrogen (secondary N) is 2. The van der Waals surface area contributed by atoms with Crippen LogP contribution in [0.25, 0.3) is 10.8 Å². The van der Waals surface area contributed by atoms with Gasteiger partial charge in [-0.05, 0) is 71.4 Å². The molecule has 0 fully saturated rings. The minimum atomic E-state index is -4.02. The molecule has 0 aliphatic carbocycles. The van der Waals surface area contributed by atoms with Crippen molar-refractivity contribution in [2.75, 3.05) is 23.7 Å². The first-order valence-corrected chi connectivity index (χ1v) is 13.0. The molecule has 0 aromatic heterocycles. The number of hydrogen-bond donors (Lipinski definition) is 2. The van der Waals surface area contributed by atoms with E-state index in [-0.39, 0.29) is 21.2 Å². The lowest BCUT2D eigenvalue weighted by molar-refractivity contribution is 0.414. The van der Waals surface area contributed by atoms with Crippen molar-refractivity contribution in [2.45, 2.75) is 9.79 Å². The largest absolute Gasteiger partial charge is 0.497 e. The van der Waals surface area contributed by atoms with Crippen molar-refractivity contribution in [3.05, 3.63) is 84.9 Å². The van der Waals surface area contributed by atoms with Crippen LogP contribution in [-0.4, -0.2) is 31.1 Å². The van der Waals surface area contributed by atoms with Crippen molar-refractivity contribution in [2.24, 2.45) is 0 Å². The number of anilines is 2. The van der Waals surface area contributed by atoms with Gasteiger partial charge in [-0.25, -0.2) is 16.8 Å². The number of benzene rings is 4. The number of fused-ring (bicyclic) bond motifs is 1. The molecule has 8 nitrogen and oxygen atoms in total. The lowest BCUT2D eigenvalue weighted by Gasteiger charge is -2.16. The topological polar surface area (TPSA) is 111 Å². The summed E-state index contributed by atoms with van der Waals surface area (Å²) in [4.78, 5) is 0.0100. The van der Waals surface area contributed by atoms with E-state index >= 15 is 0 Å². The highest BCUT2D eigenvalue weighted by molar-refractivity contribution is 7.93. The van der Waals surface area contributed by atoms with E-state index in [1.165, 1.54) is 62.8 Å². The molecule has 0 bridgehead atoms. The van der Waals surface area contributed by atoms with Crippen LogP contribution in [0.15, 0.2) is 94.7 Å². The molecule has 2 N–H and O–H groups in total. The van der Waals surface area contributed by atoms with Crippen molar-refractivity contribution in [3.8, 4) is 11.5 Å². The predicted octanol–water partition coefficient (Wildman–Crippen LogP) is 4.46. The molecule has 10 heteroatoms. The first-order chi connectivity index (χ1) is 16.2. The van der Waals surface area contributed by atoms with E-state index in [1.807, 2.05) is 24.3 Å². The minimum absolute atomic E-state index is 0.00502. The van der Waals surface area contributed by atoms with Crippen molar-refractivity contribution in [1.29, 1.82) is 0 Å². The van der Waals surface area contributed by atoms with Crippen LogP contribution in [0, 0.1) is 0 Å². The Kier molecular flexibility index (Phi) is 6.36. The Balaban J connectivity index is 1.75. The second kappa shape index (κ2) is 9.24. The molecule has 4 aromatic carbocycles. The number of rotatable bonds is 8. The maximum atomic E-state index is 13.1. The van der Waals surface area contributed by atoms with Gasteiger partial charge in [0, 0.05) is 0 Å². The number of sulfonamides is 2. The highest BCUT2D eigenvalue weighted by atomic mass is 32.2. The molecule has 34 heavy (non-hydrogen) atoms. The monoisotopic (exact) mass is 498 g/mol. The van der Waals surface area contributed by atoms with Crippen LogP contribution >= 0.6 is 0 Å². The van der Waals surface area contributed by atoms with E-state index in [0.29, 0.717) is 11.5 Å². The molecule has 0 spiro atoms. The Morgan fingerprint density at radius 2 is 0.912 bits per heavy atom. The van der Waals surface area contributed by atoms with Crippen LogP contribution in [0.3, 0.4) is 0 Å². The highest BCUT2D eigenvalue weighted by Crippen LogP contribution is 2.32. The highest BCUT2D eigenvalue weighted by Gasteiger charge is 2.21. The molecular weight excluding hydrogens is 476 g/mol. The molecule has 0 saturated heterocycles. The number of ether oxygens (including phenoxy) is 2. The van der Waals surface area contributed by atoms with E-state index in [0.717, 1.165) is 10.8 Å². The van der Waals surface area contributed by atoms with Gasteiger partial charge in [0.25, 0.3) is 20.0 Å². The smallest absolute Gasteiger partial charge is 0.261 e. The summed E-state index contributed by atoms with van der Waals surface area (Å²) in [5, 5.41) is 1.48. The van der Waals surface area contributed by atoms with Gasteiger partial charge in [-0.15, -0.1) is 0 Å². The van der Waals surface area contributed by atoms with Gasteiger partial charge < -0.3 is 9.47 Å². The third kappa shape index (κ3) is 4.92. The molecule has 0 radical (unpaired) electrons. The number of hydrogen-bond acceptors (Lipinski definition) is 6. The SMILES string of the molecule is COc1ccc(S(=O)(=O)Nc2cc3ccccc3cc2NS(=O)(=O)c2ccc(OC)cc2)cc1. The van der Waals surface area contributed by atoms with Crippen LogP contribution in [0.4, 0.5) is 11.4 Å². The van der Waals surface area contributed by atoms with Crippen LogP contribution in [0.1, 0.15) is 0 Å². The van der Waals surface area contributed by atoms with Gasteiger partial charge in [0.05, 0.1) is 35.4 Å². The van der Waals surface area contributed by atoms with E-state index in [9.17, 15) is 16.8 Å². The summed E-state index contributed by atoms with van der Waals surface area (Å²) in [7, 11) is -5.06. The summed E-state index contributed by atoms with van der Waals surface area (Å²) in [6.45, 7) is 0. The Morgan fingerprint density at radius 3 is 1.24 bits per heavy atom. The second-order valence-electron chi connectivity index (χ2n) is 7.31. The molecule has 0 amide bonds. The summed E-state index contributed by atoms with van der Waals surface area (Å²) in [5.41, 5.74) is 0.179. The maximum absolute atomic E-state index is 13.1. The van der Waals surface area contributed by atoms with Gasteiger partial charge >= 0.3 is 0 Å². The minimum Gasteiger partial charge on any atom is -0.497 e. The lowest BCUT2D eigenvalue weighted by atomic mass is 10.1. The summed E-state index contributed by atoms with van der Waals surface area (Å²) >= 11 is 0. The van der Waals surface area contributed by atoms with Crippen molar-refractivity contribution in [3.63, 3.8) is 0 Å². The normalized spacial score (nSPS) is 11.7. The van der Waals surface area contributed by atoms with Crippen molar-refractivity contribution < 1.29 is 26.3 Å². The Hall–Kier alpha value is -3.76. The maximum Gasteiger partial charge on any atom is 0.261 e. The Bertz CT molecular complexity index is 1420. The molecule has 4 rings (SSSR count). The van der Waals surface area contributed by atoms with Crippen molar-refractivity contribution >= 4 is 42.2 Å². The van der Waals surface area contributed by atoms with E-state index < -0.39 is 20.0 Å². The fourth-order valence-electron chi connectivity index (χ4n) is 3.33. The van der Waals surface area contributed by atoms with Crippen LogP contribution in [-0.2, 0) is 20.0 Å². The van der Waals surface area contributed by atoms with E-state index in [4.69, 9.17) is 9.47 Å². The fourth-order valence-corrected chi connectivity index (χ4v) is 5.47. The molecule has 0 heterocycles. The molecule has 0 saturated carbocycles. The fraction of sp³-hybridized carbons (Fsp3) is 0.0833. The second-order valence-corrected chi connectivity index (χ2v) is 10.7.